The van der Waals surface area contributed by atoms with Crippen LogP contribution in [0.25, 0.3) is 0 Å². The molecule has 0 N–H and O–H groups in total. The first-order valence-corrected chi connectivity index (χ1v) is 7.40. The van der Waals surface area contributed by atoms with E-state index >= 15 is 0 Å². The van der Waals surface area contributed by atoms with Gasteiger partial charge >= 0.3 is 0 Å². The lowest BCUT2D eigenvalue weighted by Crippen LogP contribution is -2.21. The van der Waals surface area contributed by atoms with Crippen LogP contribution in [0.1, 0.15) is 29.1 Å². The second-order valence-electron chi connectivity index (χ2n) is 4.24. The summed E-state index contributed by atoms with van der Waals surface area (Å²) >= 11 is 1.44. The molecule has 0 aliphatic carbocycles. The Balaban J connectivity index is 2.20. The van der Waals surface area contributed by atoms with Gasteiger partial charge < -0.3 is 9.64 Å². The normalized spacial score (nSPS) is 10.3. The minimum Gasteiger partial charge on any atom is -0.497 e. The number of hydrogen-bond donors (Lipinski definition) is 0. The molecule has 1 aromatic heterocycles. The summed E-state index contributed by atoms with van der Waals surface area (Å²) in [5, 5.41) is 0.895. The molecule has 106 valence electrons. The molecule has 0 radical (unpaired) electrons. The number of ether oxygens (including phenoxy) is 1. The molecule has 0 saturated heterocycles. The van der Waals surface area contributed by atoms with E-state index in [1.165, 1.54) is 11.3 Å². The van der Waals surface area contributed by atoms with E-state index in [1.54, 1.807) is 37.6 Å². The van der Waals surface area contributed by atoms with Gasteiger partial charge in [0.15, 0.2) is 5.13 Å². The third kappa shape index (κ3) is 2.99. The molecule has 20 heavy (non-hydrogen) atoms. The van der Waals surface area contributed by atoms with Gasteiger partial charge in [-0.3, -0.25) is 4.79 Å². The van der Waals surface area contributed by atoms with Crippen molar-refractivity contribution < 1.29 is 9.53 Å². The van der Waals surface area contributed by atoms with Gasteiger partial charge in [-0.2, -0.15) is 0 Å². The highest BCUT2D eigenvalue weighted by Gasteiger charge is 2.15. The van der Waals surface area contributed by atoms with Gasteiger partial charge in [0.25, 0.3) is 0 Å². The van der Waals surface area contributed by atoms with Crippen molar-refractivity contribution in [3.05, 3.63) is 40.9 Å². The maximum Gasteiger partial charge on any atom is 0.204 e. The number of thiazole rings is 1. The Morgan fingerprint density at radius 3 is 2.45 bits per heavy atom. The van der Waals surface area contributed by atoms with Gasteiger partial charge in [-0.05, 0) is 38.1 Å². The lowest BCUT2D eigenvalue weighted by Gasteiger charge is -2.16. The number of nitrogens with zero attached hydrogens (tertiary/aromatic N) is 2. The minimum atomic E-state index is 0.00330. The van der Waals surface area contributed by atoms with Crippen LogP contribution in [0.4, 0.5) is 5.13 Å². The predicted octanol–water partition coefficient (Wildman–Crippen LogP) is 3.23. The maximum absolute atomic E-state index is 12.4. The Bertz CT molecular complexity index is 574. The molecule has 0 saturated carbocycles. The number of benzene rings is 1. The Morgan fingerprint density at radius 1 is 1.25 bits per heavy atom. The molecule has 5 heteroatoms. The SMILES string of the molecule is CCN(CC)c1ncc(C(=O)c2ccc(OC)cc2)s1. The highest BCUT2D eigenvalue weighted by atomic mass is 32.1. The fourth-order valence-electron chi connectivity index (χ4n) is 1.89. The van der Waals surface area contributed by atoms with Crippen molar-refractivity contribution in [2.45, 2.75) is 13.8 Å². The summed E-state index contributed by atoms with van der Waals surface area (Å²) in [6.07, 6.45) is 1.66. The molecule has 1 aromatic carbocycles. The van der Waals surface area contributed by atoms with Crippen LogP contribution >= 0.6 is 11.3 Å². The quantitative estimate of drug-likeness (QED) is 0.766. The first kappa shape index (κ1) is 14.5. The molecule has 0 atom stereocenters. The summed E-state index contributed by atoms with van der Waals surface area (Å²) in [6.45, 7) is 5.94. The molecule has 0 aliphatic heterocycles. The summed E-state index contributed by atoms with van der Waals surface area (Å²) in [5.74, 6) is 0.748. The smallest absolute Gasteiger partial charge is 0.204 e. The second kappa shape index (κ2) is 6.52. The summed E-state index contributed by atoms with van der Waals surface area (Å²) in [7, 11) is 1.61. The van der Waals surface area contributed by atoms with Crippen LogP contribution in [0, 0.1) is 0 Å². The number of ketones is 1. The number of anilines is 1. The number of carbonyl (C=O) groups is 1. The summed E-state index contributed by atoms with van der Waals surface area (Å²) in [6, 6.07) is 7.13. The zero-order valence-electron chi connectivity index (χ0n) is 11.9. The lowest BCUT2D eigenvalue weighted by atomic mass is 10.1. The Morgan fingerprint density at radius 2 is 1.90 bits per heavy atom. The van der Waals surface area contributed by atoms with Crippen LogP contribution < -0.4 is 9.64 Å². The summed E-state index contributed by atoms with van der Waals surface area (Å²) in [5.41, 5.74) is 0.653. The zero-order chi connectivity index (χ0) is 14.5. The van der Waals surface area contributed by atoms with E-state index in [2.05, 4.69) is 23.7 Å². The molecule has 0 fully saturated rings. The lowest BCUT2D eigenvalue weighted by molar-refractivity contribution is 0.104. The van der Waals surface area contributed by atoms with Crippen LogP contribution in [0.2, 0.25) is 0 Å². The van der Waals surface area contributed by atoms with Crippen molar-refractivity contribution in [1.82, 2.24) is 4.98 Å². The molecule has 2 aromatic rings. The van der Waals surface area contributed by atoms with Crippen molar-refractivity contribution >= 4 is 22.3 Å². The van der Waals surface area contributed by atoms with Crippen LogP contribution in [0.15, 0.2) is 30.5 Å². The number of methoxy groups -OCH3 is 1. The first-order valence-electron chi connectivity index (χ1n) is 6.59. The third-order valence-electron chi connectivity index (χ3n) is 3.10. The Labute approximate surface area is 123 Å². The van der Waals surface area contributed by atoms with E-state index in [4.69, 9.17) is 4.74 Å². The summed E-state index contributed by atoms with van der Waals surface area (Å²) < 4.78 is 5.09. The zero-order valence-corrected chi connectivity index (χ0v) is 12.7. The average molecular weight is 290 g/mol. The van der Waals surface area contributed by atoms with E-state index in [-0.39, 0.29) is 5.78 Å². The number of carbonyl (C=O) groups excluding carboxylic acids is 1. The fraction of sp³-hybridized carbons (Fsp3) is 0.333. The van der Waals surface area contributed by atoms with Crippen molar-refractivity contribution in [3.8, 4) is 5.75 Å². The van der Waals surface area contributed by atoms with Crippen molar-refractivity contribution in [3.63, 3.8) is 0 Å². The van der Waals surface area contributed by atoms with E-state index in [1.807, 2.05) is 0 Å². The largest absolute Gasteiger partial charge is 0.497 e. The standard InChI is InChI=1S/C15H18N2O2S/c1-4-17(5-2)15-16-10-13(20-15)14(18)11-6-8-12(19-3)9-7-11/h6-10H,4-5H2,1-3H3. The van der Waals surface area contributed by atoms with Gasteiger partial charge in [-0.15, -0.1) is 0 Å². The van der Waals surface area contributed by atoms with Gasteiger partial charge in [0, 0.05) is 18.7 Å². The molecular weight excluding hydrogens is 272 g/mol. The summed E-state index contributed by atoms with van der Waals surface area (Å²) in [4.78, 5) is 19.5. The molecule has 0 aliphatic rings. The maximum atomic E-state index is 12.4. The molecular formula is C15H18N2O2S. The van der Waals surface area contributed by atoms with Crippen LogP contribution in [0.5, 0.6) is 5.75 Å². The van der Waals surface area contributed by atoms with Gasteiger partial charge in [-0.25, -0.2) is 4.98 Å². The highest BCUT2D eigenvalue weighted by molar-refractivity contribution is 7.17. The first-order chi connectivity index (χ1) is 9.69. The number of aromatic nitrogens is 1. The topological polar surface area (TPSA) is 42.4 Å². The monoisotopic (exact) mass is 290 g/mol. The van der Waals surface area contributed by atoms with Crippen molar-refractivity contribution in [1.29, 1.82) is 0 Å². The predicted molar refractivity (Wildman–Crippen MR) is 82.1 cm³/mol. The number of hydrogen-bond acceptors (Lipinski definition) is 5. The van der Waals surface area contributed by atoms with Gasteiger partial charge in [-0.1, -0.05) is 11.3 Å². The van der Waals surface area contributed by atoms with E-state index in [0.29, 0.717) is 10.4 Å². The van der Waals surface area contributed by atoms with Crippen molar-refractivity contribution in [2.75, 3.05) is 25.1 Å². The molecule has 0 unspecified atom stereocenters. The van der Waals surface area contributed by atoms with Crippen LogP contribution in [0.3, 0.4) is 0 Å². The van der Waals surface area contributed by atoms with E-state index < -0.39 is 0 Å². The number of rotatable bonds is 6. The Hall–Kier alpha value is -1.88. The van der Waals surface area contributed by atoms with Gasteiger partial charge in [0.05, 0.1) is 18.2 Å². The molecule has 0 spiro atoms. The average Bonchev–Trinajstić information content (AvgIpc) is 2.97. The van der Waals surface area contributed by atoms with Gasteiger partial charge in [0.2, 0.25) is 5.78 Å². The van der Waals surface area contributed by atoms with Crippen LogP contribution in [-0.2, 0) is 0 Å². The van der Waals surface area contributed by atoms with E-state index in [0.717, 1.165) is 24.0 Å². The second-order valence-corrected chi connectivity index (χ2v) is 5.25. The fourth-order valence-corrected chi connectivity index (χ4v) is 2.90. The third-order valence-corrected chi connectivity index (χ3v) is 4.16. The van der Waals surface area contributed by atoms with Crippen molar-refractivity contribution in [2.24, 2.45) is 0 Å². The molecule has 2 rings (SSSR count). The molecule has 0 amide bonds. The molecule has 4 nitrogen and oxygen atoms in total. The highest BCUT2D eigenvalue weighted by Crippen LogP contribution is 2.25. The van der Waals surface area contributed by atoms with Gasteiger partial charge in [0.1, 0.15) is 5.75 Å². The molecule has 0 bridgehead atoms. The molecule has 1 heterocycles. The van der Waals surface area contributed by atoms with Crippen LogP contribution in [-0.4, -0.2) is 31.0 Å². The van der Waals surface area contributed by atoms with E-state index in [9.17, 15) is 4.79 Å². The Kier molecular flexibility index (Phi) is 4.74. The minimum absolute atomic E-state index is 0.00330.